The van der Waals surface area contributed by atoms with Crippen molar-refractivity contribution in [3.63, 3.8) is 0 Å². The molecule has 33 heavy (non-hydrogen) atoms. The summed E-state index contributed by atoms with van der Waals surface area (Å²) in [5.74, 6) is -0.0426. The molecule has 1 N–H and O–H groups in total. The van der Waals surface area contributed by atoms with Crippen LogP contribution in [0.5, 0.6) is 0 Å². The highest BCUT2D eigenvalue weighted by molar-refractivity contribution is 6.29. The van der Waals surface area contributed by atoms with Crippen LogP contribution in [0.15, 0.2) is 67.8 Å². The summed E-state index contributed by atoms with van der Waals surface area (Å²) in [7, 11) is 0. The molecule has 11 nitrogen and oxygen atoms in total. The summed E-state index contributed by atoms with van der Waals surface area (Å²) in [6.45, 7) is 4.27. The van der Waals surface area contributed by atoms with Gasteiger partial charge in [-0.1, -0.05) is 17.7 Å². The molecule has 0 aliphatic rings. The zero-order valence-corrected chi connectivity index (χ0v) is 18.7. The molecule has 0 bridgehead atoms. The molecule has 0 aliphatic heterocycles. The summed E-state index contributed by atoms with van der Waals surface area (Å²) in [6.07, 6.45) is 10.7. The molecule has 12 heteroatoms. The Morgan fingerprint density at radius 3 is 2.27 bits per heavy atom. The molecule has 0 fully saturated rings. The topological polar surface area (TPSA) is 138 Å². The predicted octanol–water partition coefficient (Wildman–Crippen LogP) is 3.16. The second-order valence-electron chi connectivity index (χ2n) is 5.82. The average molecular weight is 472 g/mol. The van der Waals surface area contributed by atoms with Gasteiger partial charge in [-0.05, 0) is 32.0 Å². The third kappa shape index (κ3) is 8.87. The first kappa shape index (κ1) is 25.1. The number of carbonyl (C=O) groups excluding carboxylic acids is 2. The Morgan fingerprint density at radius 1 is 1.00 bits per heavy atom. The molecule has 0 atom stereocenters. The molecule has 0 spiro atoms. The monoisotopic (exact) mass is 471 g/mol. The number of ether oxygens (including phenoxy) is 2. The van der Waals surface area contributed by atoms with Gasteiger partial charge in [0.15, 0.2) is 5.82 Å². The second kappa shape index (κ2) is 14.0. The van der Waals surface area contributed by atoms with E-state index in [9.17, 15) is 9.59 Å². The van der Waals surface area contributed by atoms with E-state index in [1.165, 1.54) is 29.6 Å². The number of aromatic amines is 1. The Kier molecular flexibility index (Phi) is 10.7. The molecular weight excluding hydrogens is 450 g/mol. The minimum absolute atomic E-state index is 0.337. The molecule has 0 amide bonds. The van der Waals surface area contributed by atoms with Gasteiger partial charge in [-0.2, -0.15) is 10.2 Å². The smallest absolute Gasteiger partial charge is 0.341 e. The molecule has 4 heterocycles. The Morgan fingerprint density at radius 2 is 1.76 bits per heavy atom. The molecule has 4 rings (SSSR count). The number of pyridine rings is 1. The van der Waals surface area contributed by atoms with Crippen LogP contribution in [0, 0.1) is 0 Å². The number of aromatic nitrogens is 7. The highest BCUT2D eigenvalue weighted by Gasteiger charge is 2.10. The van der Waals surface area contributed by atoms with Crippen molar-refractivity contribution in [1.82, 2.24) is 34.9 Å². The lowest BCUT2D eigenvalue weighted by Gasteiger charge is -1.98. The van der Waals surface area contributed by atoms with Crippen LogP contribution in [0.3, 0.4) is 0 Å². The van der Waals surface area contributed by atoms with Crippen LogP contribution in [-0.4, -0.2) is 60.1 Å². The maximum absolute atomic E-state index is 11.4. The minimum Gasteiger partial charge on any atom is -0.462 e. The number of carbonyl (C=O) groups is 2. The van der Waals surface area contributed by atoms with Crippen molar-refractivity contribution in [1.29, 1.82) is 0 Å². The molecule has 0 saturated carbocycles. The largest absolute Gasteiger partial charge is 0.462 e. The Balaban J connectivity index is 0.000000193. The van der Waals surface area contributed by atoms with Crippen LogP contribution in [-0.2, 0) is 9.47 Å². The lowest BCUT2D eigenvalue weighted by Crippen LogP contribution is -2.03. The van der Waals surface area contributed by atoms with Crippen molar-refractivity contribution in [3.8, 4) is 5.82 Å². The lowest BCUT2D eigenvalue weighted by molar-refractivity contribution is 0.0516. The molecular formula is C21H22ClN7O4. The zero-order valence-electron chi connectivity index (χ0n) is 18.0. The van der Waals surface area contributed by atoms with Crippen molar-refractivity contribution in [2.24, 2.45) is 0 Å². The van der Waals surface area contributed by atoms with Crippen molar-refractivity contribution >= 4 is 23.5 Å². The summed E-state index contributed by atoms with van der Waals surface area (Å²) in [6, 6.07) is 7.11. The number of hydrogen-bond acceptors (Lipinski definition) is 9. The number of hydrogen-bond donors (Lipinski definition) is 1. The van der Waals surface area contributed by atoms with E-state index in [1.54, 1.807) is 38.5 Å². The number of nitrogens with one attached hydrogen (secondary N) is 1. The molecule has 0 radical (unpaired) electrons. The van der Waals surface area contributed by atoms with Gasteiger partial charge < -0.3 is 9.47 Å². The van der Waals surface area contributed by atoms with E-state index in [4.69, 9.17) is 16.3 Å². The number of nitrogens with zero attached hydrogens (tertiary/aromatic N) is 6. The molecule has 4 aromatic rings. The van der Waals surface area contributed by atoms with Gasteiger partial charge in [-0.15, -0.1) is 0 Å². The van der Waals surface area contributed by atoms with E-state index >= 15 is 0 Å². The summed E-state index contributed by atoms with van der Waals surface area (Å²) in [5, 5.41) is 10.6. The van der Waals surface area contributed by atoms with Crippen LogP contribution in [0.25, 0.3) is 5.82 Å². The fourth-order valence-electron chi connectivity index (χ4n) is 2.11. The highest BCUT2D eigenvalue weighted by Crippen LogP contribution is 2.06. The van der Waals surface area contributed by atoms with Crippen LogP contribution in [0.2, 0.25) is 5.15 Å². The van der Waals surface area contributed by atoms with Gasteiger partial charge in [-0.3, -0.25) is 5.10 Å². The minimum atomic E-state index is -0.371. The first-order valence-corrected chi connectivity index (χ1v) is 10.1. The Hall–Kier alpha value is -4.12. The number of esters is 2. The van der Waals surface area contributed by atoms with Gasteiger partial charge >= 0.3 is 11.9 Å². The van der Waals surface area contributed by atoms with Gasteiger partial charge in [0.2, 0.25) is 0 Å². The van der Waals surface area contributed by atoms with Gasteiger partial charge in [-0.25, -0.2) is 29.2 Å². The summed E-state index contributed by atoms with van der Waals surface area (Å²) >= 11 is 5.39. The quantitative estimate of drug-likeness (QED) is 0.343. The molecule has 4 aromatic heterocycles. The molecule has 0 unspecified atom stereocenters. The molecule has 172 valence electrons. The maximum atomic E-state index is 11.4. The summed E-state index contributed by atoms with van der Waals surface area (Å²) in [5.41, 5.74) is 0.884. The van der Waals surface area contributed by atoms with Crippen molar-refractivity contribution in [3.05, 3.63) is 84.1 Å². The Bertz CT molecular complexity index is 1090. The standard InChI is InChI=1S/C11H11N3O2.C6H8N2O2.C4H3ClN2/c1-2-16-11(15)9-7-13-14(8-9)10-5-3-4-6-12-10;1-2-10-6(9)5-3-7-8-4-5;5-4-1-2-6-3-7-4/h3-8H,2H2,1H3;3-4H,2H2,1H3,(H,7,8);1-3H. The SMILES string of the molecule is CCOC(=O)c1cn[nH]c1.CCOC(=O)c1cnn(-c2ccccn2)c1.Clc1ccncn1. The van der Waals surface area contributed by atoms with Crippen LogP contribution in [0.4, 0.5) is 0 Å². The fourth-order valence-corrected chi connectivity index (χ4v) is 2.21. The first-order valence-electron chi connectivity index (χ1n) is 9.75. The van der Waals surface area contributed by atoms with Crippen LogP contribution >= 0.6 is 11.6 Å². The van der Waals surface area contributed by atoms with Gasteiger partial charge in [0.05, 0.1) is 36.7 Å². The number of halogens is 1. The van der Waals surface area contributed by atoms with E-state index < -0.39 is 0 Å². The summed E-state index contributed by atoms with van der Waals surface area (Å²) in [4.78, 5) is 33.6. The fraction of sp³-hybridized carbons (Fsp3) is 0.190. The van der Waals surface area contributed by atoms with E-state index in [0.717, 1.165) is 0 Å². The van der Waals surface area contributed by atoms with Crippen molar-refractivity contribution in [2.45, 2.75) is 13.8 Å². The van der Waals surface area contributed by atoms with E-state index in [0.29, 0.717) is 35.3 Å². The van der Waals surface area contributed by atoms with E-state index in [2.05, 4.69) is 35.0 Å². The zero-order chi connectivity index (χ0) is 23.9. The van der Waals surface area contributed by atoms with Crippen LogP contribution < -0.4 is 0 Å². The molecule has 0 saturated heterocycles. The Labute approximate surface area is 194 Å². The molecule has 0 aromatic carbocycles. The van der Waals surface area contributed by atoms with E-state index in [1.807, 2.05) is 18.2 Å². The first-order chi connectivity index (χ1) is 16.0. The number of H-pyrrole nitrogens is 1. The number of rotatable bonds is 5. The third-order valence-corrected chi connectivity index (χ3v) is 3.76. The van der Waals surface area contributed by atoms with Crippen molar-refractivity contribution in [2.75, 3.05) is 13.2 Å². The van der Waals surface area contributed by atoms with Gasteiger partial charge in [0, 0.05) is 24.8 Å². The van der Waals surface area contributed by atoms with Crippen molar-refractivity contribution < 1.29 is 19.1 Å². The normalized spacial score (nSPS) is 9.55. The van der Waals surface area contributed by atoms with Crippen LogP contribution in [0.1, 0.15) is 34.6 Å². The third-order valence-electron chi connectivity index (χ3n) is 3.53. The van der Waals surface area contributed by atoms with Gasteiger partial charge in [0.25, 0.3) is 0 Å². The van der Waals surface area contributed by atoms with Gasteiger partial charge in [0.1, 0.15) is 11.5 Å². The highest BCUT2D eigenvalue weighted by atomic mass is 35.5. The average Bonchev–Trinajstić information content (AvgIpc) is 3.54. The lowest BCUT2D eigenvalue weighted by atomic mass is 10.4. The predicted molar refractivity (Wildman–Crippen MR) is 119 cm³/mol. The van der Waals surface area contributed by atoms with E-state index in [-0.39, 0.29) is 11.9 Å². The second-order valence-corrected chi connectivity index (χ2v) is 6.21. The summed E-state index contributed by atoms with van der Waals surface area (Å²) < 4.78 is 11.1. The molecule has 0 aliphatic carbocycles. The maximum Gasteiger partial charge on any atom is 0.341 e.